The Morgan fingerprint density at radius 2 is 1.67 bits per heavy atom. The molecule has 2 aliphatic rings. The van der Waals surface area contributed by atoms with Crippen molar-refractivity contribution in [3.05, 3.63) is 72.5 Å². The number of benzene rings is 1. The number of hydrogen-bond donors (Lipinski definition) is 7. The van der Waals surface area contributed by atoms with Gasteiger partial charge in [0.15, 0.2) is 0 Å². The molecule has 2 fully saturated rings. The average molecular weight is 708 g/mol. The van der Waals surface area contributed by atoms with Gasteiger partial charge in [-0.1, -0.05) is 74.2 Å². The van der Waals surface area contributed by atoms with E-state index in [-0.39, 0.29) is 38.1 Å². The van der Waals surface area contributed by atoms with Crippen molar-refractivity contribution in [2.24, 2.45) is 0 Å². The fraction of sp³-hybridized carbons (Fsp3) is 0.514. The van der Waals surface area contributed by atoms with Gasteiger partial charge in [-0.05, 0) is 45.6 Å². The Balaban J connectivity index is 1.54. The first-order valence-corrected chi connectivity index (χ1v) is 17.6. The lowest BCUT2D eigenvalue weighted by Gasteiger charge is -2.31. The number of unbranched alkanes of at least 4 members (excludes halogenated alkanes) is 5. The van der Waals surface area contributed by atoms with E-state index in [9.17, 15) is 33.9 Å². The molecule has 278 valence electrons. The number of aliphatic hydroxyl groups is 1. The number of fused-ring (bicyclic) bond motifs is 2. The third-order valence-electron chi connectivity index (χ3n) is 8.54. The second-order valence-electron chi connectivity index (χ2n) is 13.4. The minimum Gasteiger partial charge on any atom is -0.393 e. The maximum atomic E-state index is 13.5. The Hall–Kier alpha value is -4.82. The summed E-state index contributed by atoms with van der Waals surface area (Å²) in [5.74, 6) is -3.26. The van der Waals surface area contributed by atoms with E-state index < -0.39 is 53.3 Å². The van der Waals surface area contributed by atoms with Crippen LogP contribution in [0.3, 0.4) is 0 Å². The predicted octanol–water partition coefficient (Wildman–Crippen LogP) is 0.835. The molecule has 6 amide bonds. The van der Waals surface area contributed by atoms with Gasteiger partial charge in [0, 0.05) is 37.9 Å². The van der Waals surface area contributed by atoms with Crippen molar-refractivity contribution < 1.29 is 33.9 Å². The Labute approximate surface area is 299 Å². The van der Waals surface area contributed by atoms with Crippen molar-refractivity contribution in [2.45, 2.75) is 102 Å². The summed E-state index contributed by atoms with van der Waals surface area (Å²) < 4.78 is 0. The average Bonchev–Trinajstić information content (AvgIpc) is 3.30. The number of hydrogen-bond acceptors (Lipinski definition) is 8. The van der Waals surface area contributed by atoms with E-state index in [0.29, 0.717) is 0 Å². The number of nitrogens with zero attached hydrogens (tertiary/aromatic N) is 1. The summed E-state index contributed by atoms with van der Waals surface area (Å²) in [5.41, 5.74) is -0.117. The number of nitrogens with one attached hydrogen (secondary N) is 6. The molecule has 2 bridgehead atoms. The topological polar surface area (TPSA) is 198 Å². The Morgan fingerprint density at radius 3 is 2.41 bits per heavy atom. The molecular weight excluding hydrogens is 654 g/mol. The van der Waals surface area contributed by atoms with E-state index >= 15 is 0 Å². The number of rotatable bonds is 16. The van der Waals surface area contributed by atoms with E-state index in [0.717, 1.165) is 56.6 Å². The first-order valence-electron chi connectivity index (χ1n) is 17.6. The van der Waals surface area contributed by atoms with Crippen LogP contribution in [0.2, 0.25) is 0 Å². The molecule has 1 aromatic rings. The van der Waals surface area contributed by atoms with Crippen LogP contribution in [0.4, 0.5) is 0 Å². The molecule has 0 radical (unpaired) electrons. The molecule has 2 aliphatic heterocycles. The normalized spacial score (nSPS) is 21.8. The molecule has 4 atom stereocenters. The van der Waals surface area contributed by atoms with Gasteiger partial charge in [-0.15, -0.1) is 0 Å². The van der Waals surface area contributed by atoms with Gasteiger partial charge in [0.2, 0.25) is 35.4 Å². The van der Waals surface area contributed by atoms with Crippen LogP contribution >= 0.6 is 0 Å². The summed E-state index contributed by atoms with van der Waals surface area (Å²) >= 11 is 0. The van der Waals surface area contributed by atoms with E-state index in [2.05, 4.69) is 31.9 Å². The summed E-state index contributed by atoms with van der Waals surface area (Å²) in [7, 11) is 0. The zero-order valence-electron chi connectivity index (χ0n) is 29.8. The lowest BCUT2D eigenvalue weighted by molar-refractivity contribution is -0.137. The zero-order valence-corrected chi connectivity index (χ0v) is 29.8. The highest BCUT2D eigenvalue weighted by molar-refractivity contribution is 5.96. The highest BCUT2D eigenvalue weighted by Crippen LogP contribution is 2.21. The maximum absolute atomic E-state index is 13.5. The number of amides is 6. The predicted molar refractivity (Wildman–Crippen MR) is 192 cm³/mol. The van der Waals surface area contributed by atoms with Gasteiger partial charge in [0.1, 0.15) is 24.7 Å². The van der Waals surface area contributed by atoms with Crippen molar-refractivity contribution in [3.63, 3.8) is 0 Å². The zero-order chi connectivity index (χ0) is 37.2. The molecule has 14 heteroatoms. The maximum Gasteiger partial charge on any atom is 0.247 e. The van der Waals surface area contributed by atoms with E-state index in [4.69, 9.17) is 0 Å². The fourth-order valence-electron chi connectivity index (χ4n) is 5.75. The van der Waals surface area contributed by atoms with Gasteiger partial charge >= 0.3 is 0 Å². The minimum atomic E-state index is -1.24. The highest BCUT2D eigenvalue weighted by Gasteiger charge is 2.45. The monoisotopic (exact) mass is 707 g/mol. The molecular formula is C37H53N7O7. The smallest absolute Gasteiger partial charge is 0.247 e. The quantitative estimate of drug-likeness (QED) is 0.0745. The summed E-state index contributed by atoms with van der Waals surface area (Å²) in [4.78, 5) is 79.1. The van der Waals surface area contributed by atoms with E-state index in [1.165, 1.54) is 17.2 Å². The SMILES string of the molecule is CC(O)CCCCCCCC=CC=CC(=O)NC=CC(=O)NCC1NC(=O)C(Cc2ccccc2)NC(=O)CN2C(=O)C(CNC1=O)NC2(C)C. The Morgan fingerprint density at radius 1 is 0.941 bits per heavy atom. The van der Waals surface area contributed by atoms with Gasteiger partial charge in [0.25, 0.3) is 0 Å². The number of carbonyl (C=O) groups excluding carboxylic acids is 6. The number of carbonyl (C=O) groups is 6. The second kappa shape index (κ2) is 20.8. The van der Waals surface area contributed by atoms with Crippen molar-refractivity contribution in [2.75, 3.05) is 19.6 Å². The molecule has 4 unspecified atom stereocenters. The minimum absolute atomic E-state index is 0.104. The third kappa shape index (κ3) is 14.5. The van der Waals surface area contributed by atoms with Crippen LogP contribution < -0.4 is 31.9 Å². The van der Waals surface area contributed by atoms with Gasteiger partial charge in [0.05, 0.1) is 11.8 Å². The van der Waals surface area contributed by atoms with Crippen LogP contribution in [0.15, 0.2) is 66.9 Å². The first kappa shape index (κ1) is 40.6. The molecule has 7 N–H and O–H groups in total. The lowest BCUT2D eigenvalue weighted by atomic mass is 10.0. The first-order chi connectivity index (χ1) is 24.4. The molecule has 14 nitrogen and oxygen atoms in total. The van der Waals surface area contributed by atoms with Gasteiger partial charge in [-0.25, -0.2) is 0 Å². The molecule has 3 rings (SSSR count). The van der Waals surface area contributed by atoms with Crippen LogP contribution in [-0.4, -0.2) is 95.0 Å². The van der Waals surface area contributed by atoms with Crippen LogP contribution in [0.25, 0.3) is 0 Å². The van der Waals surface area contributed by atoms with Crippen molar-refractivity contribution in [3.8, 4) is 0 Å². The molecule has 51 heavy (non-hydrogen) atoms. The number of allylic oxidation sites excluding steroid dienone is 3. The summed E-state index contributed by atoms with van der Waals surface area (Å²) in [6, 6.07) is 5.90. The lowest BCUT2D eigenvalue weighted by Crippen LogP contribution is -2.59. The largest absolute Gasteiger partial charge is 0.393 e. The second-order valence-corrected chi connectivity index (χ2v) is 13.4. The Bertz CT molecular complexity index is 1440. The molecule has 1 aromatic carbocycles. The van der Waals surface area contributed by atoms with E-state index in [1.54, 1.807) is 57.2 Å². The van der Waals surface area contributed by atoms with Crippen molar-refractivity contribution in [1.82, 2.24) is 36.8 Å². The molecule has 0 saturated carbocycles. The van der Waals surface area contributed by atoms with Crippen LogP contribution in [-0.2, 0) is 35.2 Å². The molecule has 2 heterocycles. The standard InChI is InChI=1S/C37H53N7O7/c1-26(45)16-12-9-7-5-4-6-8-10-15-19-31(46)38-21-20-32(47)39-23-29-34(49)40-24-30-36(51)44(37(2,3)43-30)25-33(48)41-28(35(50)42-29)22-27-17-13-11-14-18-27/h8,10-11,13-15,17-21,26,28-30,43,45H,4-7,9,12,16,22-25H2,1-3H3,(H,38,46)(H,39,47)(H,40,49)(H,41,48)(H,42,50). The summed E-state index contributed by atoms with van der Waals surface area (Å²) in [6.07, 6.45) is 16.0. The van der Waals surface area contributed by atoms with E-state index in [1.807, 2.05) is 12.1 Å². The van der Waals surface area contributed by atoms with Crippen molar-refractivity contribution in [1.29, 1.82) is 0 Å². The van der Waals surface area contributed by atoms with Gasteiger partial charge in [-0.3, -0.25) is 34.1 Å². The third-order valence-corrected chi connectivity index (χ3v) is 8.54. The molecule has 0 spiro atoms. The summed E-state index contributed by atoms with van der Waals surface area (Å²) in [5, 5.41) is 25.5. The Kier molecular flexibility index (Phi) is 16.5. The molecule has 0 aliphatic carbocycles. The van der Waals surface area contributed by atoms with Crippen LogP contribution in [0.1, 0.15) is 71.3 Å². The number of aliphatic hydroxyl groups excluding tert-OH is 1. The van der Waals surface area contributed by atoms with Crippen LogP contribution in [0.5, 0.6) is 0 Å². The molecule has 0 aromatic heterocycles. The fourth-order valence-corrected chi connectivity index (χ4v) is 5.75. The summed E-state index contributed by atoms with van der Waals surface area (Å²) in [6.45, 7) is 4.60. The highest BCUT2D eigenvalue weighted by atomic mass is 16.3. The van der Waals surface area contributed by atoms with Gasteiger partial charge in [-0.2, -0.15) is 0 Å². The van der Waals surface area contributed by atoms with Crippen LogP contribution in [0, 0.1) is 0 Å². The van der Waals surface area contributed by atoms with Gasteiger partial charge < -0.3 is 36.6 Å². The van der Waals surface area contributed by atoms with Crippen molar-refractivity contribution >= 4 is 35.4 Å². The molecule has 2 saturated heterocycles.